The number of aromatic nitrogens is 2. The Hall–Kier alpha value is -1.65. The Kier molecular flexibility index (Phi) is 3.26. The van der Waals surface area contributed by atoms with Crippen LogP contribution in [-0.2, 0) is 0 Å². The molecule has 1 N–H and O–H groups in total. The van der Waals surface area contributed by atoms with Gasteiger partial charge in [0.1, 0.15) is 0 Å². The third kappa shape index (κ3) is 2.38. The fraction of sp³-hybridized carbons (Fsp3) is 0. The average Bonchev–Trinajstić information content (AvgIpc) is 2.29. The molecule has 0 fully saturated rings. The molecule has 0 aliphatic rings. The molecule has 17 heavy (non-hydrogen) atoms. The zero-order valence-corrected chi connectivity index (χ0v) is 9.90. The van der Waals surface area contributed by atoms with Gasteiger partial charge in [-0.3, -0.25) is 0 Å². The van der Waals surface area contributed by atoms with E-state index in [0.29, 0.717) is 15.6 Å². The van der Waals surface area contributed by atoms with Crippen molar-refractivity contribution < 1.29 is 9.90 Å². The Morgan fingerprint density at radius 1 is 1.18 bits per heavy atom. The van der Waals surface area contributed by atoms with Crippen LogP contribution < -0.4 is 0 Å². The number of halogens is 2. The predicted molar refractivity (Wildman–Crippen MR) is 64.4 cm³/mol. The molecule has 0 aliphatic heterocycles. The van der Waals surface area contributed by atoms with Gasteiger partial charge < -0.3 is 5.11 Å². The summed E-state index contributed by atoms with van der Waals surface area (Å²) in [5, 5.41) is 9.59. The molecule has 0 amide bonds. The lowest BCUT2D eigenvalue weighted by atomic mass is 10.2. The van der Waals surface area contributed by atoms with Gasteiger partial charge in [0, 0.05) is 6.20 Å². The molecule has 0 saturated carbocycles. The highest BCUT2D eigenvalue weighted by Gasteiger charge is 2.13. The summed E-state index contributed by atoms with van der Waals surface area (Å²) in [6.07, 6.45) is 1.35. The highest BCUT2D eigenvalue weighted by Crippen LogP contribution is 2.32. The van der Waals surface area contributed by atoms with Crippen molar-refractivity contribution in [2.24, 2.45) is 0 Å². The molecule has 1 aromatic carbocycles. The van der Waals surface area contributed by atoms with Gasteiger partial charge in [-0.05, 0) is 18.2 Å². The Balaban J connectivity index is 2.61. The van der Waals surface area contributed by atoms with Gasteiger partial charge in [0.15, 0.2) is 11.5 Å². The van der Waals surface area contributed by atoms with Crippen LogP contribution in [0.3, 0.4) is 0 Å². The summed E-state index contributed by atoms with van der Waals surface area (Å²) >= 11 is 12.0. The summed E-state index contributed by atoms with van der Waals surface area (Å²) in [5.74, 6) is -0.933. The lowest BCUT2D eigenvalue weighted by Crippen LogP contribution is -2.02. The van der Waals surface area contributed by atoms with Gasteiger partial charge in [-0.2, -0.15) is 0 Å². The number of rotatable bonds is 2. The van der Waals surface area contributed by atoms with E-state index in [1.165, 1.54) is 12.3 Å². The van der Waals surface area contributed by atoms with Crippen LogP contribution in [0.15, 0.2) is 30.5 Å². The van der Waals surface area contributed by atoms with E-state index < -0.39 is 5.97 Å². The fourth-order valence-electron chi connectivity index (χ4n) is 1.31. The SMILES string of the molecule is O=C(O)c1ccnc(-c2c(Cl)cccc2Cl)n1. The zero-order chi connectivity index (χ0) is 12.4. The largest absolute Gasteiger partial charge is 0.477 e. The first-order chi connectivity index (χ1) is 8.09. The number of nitrogens with zero attached hydrogens (tertiary/aromatic N) is 2. The van der Waals surface area contributed by atoms with Gasteiger partial charge in [-0.25, -0.2) is 14.8 Å². The molecular formula is C11H6Cl2N2O2. The number of carboxylic acid groups (broad SMARTS) is 1. The summed E-state index contributed by atoms with van der Waals surface area (Å²) in [7, 11) is 0. The van der Waals surface area contributed by atoms with Gasteiger partial charge >= 0.3 is 5.97 Å². The molecule has 0 aliphatic carbocycles. The van der Waals surface area contributed by atoms with Crippen molar-refractivity contribution in [3.8, 4) is 11.4 Å². The Morgan fingerprint density at radius 2 is 1.82 bits per heavy atom. The van der Waals surface area contributed by atoms with Crippen molar-refractivity contribution >= 4 is 29.2 Å². The number of hydrogen-bond donors (Lipinski definition) is 1. The van der Waals surface area contributed by atoms with E-state index in [1.54, 1.807) is 18.2 Å². The molecule has 0 spiro atoms. The molecule has 0 saturated heterocycles. The molecule has 0 atom stereocenters. The summed E-state index contributed by atoms with van der Waals surface area (Å²) in [4.78, 5) is 18.7. The quantitative estimate of drug-likeness (QED) is 0.909. The summed E-state index contributed by atoms with van der Waals surface area (Å²) in [6.45, 7) is 0. The lowest BCUT2D eigenvalue weighted by Gasteiger charge is -2.05. The maximum absolute atomic E-state index is 10.8. The van der Waals surface area contributed by atoms with Crippen molar-refractivity contribution in [2.45, 2.75) is 0 Å². The van der Waals surface area contributed by atoms with E-state index in [2.05, 4.69) is 9.97 Å². The van der Waals surface area contributed by atoms with Crippen LogP contribution in [0.5, 0.6) is 0 Å². The van der Waals surface area contributed by atoms with Gasteiger partial charge in [0.05, 0.1) is 15.6 Å². The lowest BCUT2D eigenvalue weighted by molar-refractivity contribution is 0.0690. The van der Waals surface area contributed by atoms with E-state index in [4.69, 9.17) is 28.3 Å². The zero-order valence-electron chi connectivity index (χ0n) is 8.39. The fourth-order valence-corrected chi connectivity index (χ4v) is 1.88. The standard InChI is InChI=1S/C11H6Cl2N2O2/c12-6-2-1-3-7(13)9(6)10-14-5-4-8(15-10)11(16)17/h1-5H,(H,16,17). The van der Waals surface area contributed by atoms with E-state index in [9.17, 15) is 4.79 Å². The number of carboxylic acids is 1. The minimum atomic E-state index is -1.13. The second kappa shape index (κ2) is 4.69. The van der Waals surface area contributed by atoms with Crippen LogP contribution >= 0.6 is 23.2 Å². The van der Waals surface area contributed by atoms with E-state index >= 15 is 0 Å². The number of hydrogen-bond acceptors (Lipinski definition) is 3. The third-order valence-corrected chi connectivity index (χ3v) is 2.69. The maximum Gasteiger partial charge on any atom is 0.354 e. The predicted octanol–water partition coefficient (Wildman–Crippen LogP) is 3.15. The molecule has 6 heteroatoms. The van der Waals surface area contributed by atoms with Crippen LogP contribution in [-0.4, -0.2) is 21.0 Å². The molecule has 2 rings (SSSR count). The monoisotopic (exact) mass is 268 g/mol. The van der Waals surface area contributed by atoms with Crippen molar-refractivity contribution in [1.29, 1.82) is 0 Å². The van der Waals surface area contributed by atoms with E-state index in [1.807, 2.05) is 0 Å². The Bertz CT molecular complexity index is 567. The highest BCUT2D eigenvalue weighted by molar-refractivity contribution is 6.38. The first kappa shape index (κ1) is 11.8. The normalized spacial score (nSPS) is 10.2. The van der Waals surface area contributed by atoms with E-state index in [0.717, 1.165) is 0 Å². The minimum absolute atomic E-state index is 0.106. The summed E-state index contributed by atoms with van der Waals surface area (Å²) < 4.78 is 0. The first-order valence-electron chi connectivity index (χ1n) is 4.60. The van der Waals surface area contributed by atoms with Crippen LogP contribution in [0.1, 0.15) is 10.5 Å². The molecule has 86 valence electrons. The Labute approximate surface area is 107 Å². The average molecular weight is 269 g/mol. The van der Waals surface area contributed by atoms with Crippen molar-refractivity contribution in [1.82, 2.24) is 9.97 Å². The minimum Gasteiger partial charge on any atom is -0.477 e. The molecule has 0 radical (unpaired) electrons. The summed E-state index contributed by atoms with van der Waals surface area (Å²) in [5.41, 5.74) is 0.324. The molecule has 0 bridgehead atoms. The molecule has 2 aromatic rings. The van der Waals surface area contributed by atoms with Gasteiger partial charge in [-0.15, -0.1) is 0 Å². The Morgan fingerprint density at radius 3 is 2.41 bits per heavy atom. The summed E-state index contributed by atoms with van der Waals surface area (Å²) in [6, 6.07) is 6.27. The van der Waals surface area contributed by atoms with Crippen molar-refractivity contribution in [3.63, 3.8) is 0 Å². The third-order valence-electron chi connectivity index (χ3n) is 2.06. The van der Waals surface area contributed by atoms with Crippen molar-refractivity contribution in [2.75, 3.05) is 0 Å². The molecule has 0 unspecified atom stereocenters. The van der Waals surface area contributed by atoms with Gasteiger partial charge in [-0.1, -0.05) is 29.3 Å². The second-order valence-corrected chi connectivity index (χ2v) is 3.98. The van der Waals surface area contributed by atoms with E-state index in [-0.39, 0.29) is 11.5 Å². The molecular weight excluding hydrogens is 263 g/mol. The highest BCUT2D eigenvalue weighted by atomic mass is 35.5. The maximum atomic E-state index is 10.8. The van der Waals surface area contributed by atoms with Crippen molar-refractivity contribution in [3.05, 3.63) is 46.2 Å². The molecule has 1 aromatic heterocycles. The molecule has 4 nitrogen and oxygen atoms in total. The number of benzene rings is 1. The topological polar surface area (TPSA) is 63.1 Å². The second-order valence-electron chi connectivity index (χ2n) is 3.17. The number of aromatic carboxylic acids is 1. The van der Waals surface area contributed by atoms with Crippen LogP contribution in [0.2, 0.25) is 10.0 Å². The van der Waals surface area contributed by atoms with Gasteiger partial charge in [0.2, 0.25) is 0 Å². The van der Waals surface area contributed by atoms with Gasteiger partial charge in [0.25, 0.3) is 0 Å². The molecule has 1 heterocycles. The number of carbonyl (C=O) groups is 1. The smallest absolute Gasteiger partial charge is 0.354 e. The van der Waals surface area contributed by atoms with Crippen LogP contribution in [0.4, 0.5) is 0 Å². The van der Waals surface area contributed by atoms with Crippen LogP contribution in [0.25, 0.3) is 11.4 Å². The van der Waals surface area contributed by atoms with Crippen LogP contribution in [0, 0.1) is 0 Å². The first-order valence-corrected chi connectivity index (χ1v) is 5.36.